The average Bonchev–Trinajstić information content (AvgIpc) is 3.38. The third-order valence-electron chi connectivity index (χ3n) is 5.42. The lowest BCUT2D eigenvalue weighted by Gasteiger charge is -2.32. The van der Waals surface area contributed by atoms with E-state index >= 15 is 0 Å². The van der Waals surface area contributed by atoms with Crippen LogP contribution in [0.3, 0.4) is 0 Å². The van der Waals surface area contributed by atoms with Crippen molar-refractivity contribution in [3.05, 3.63) is 46.7 Å². The Bertz CT molecular complexity index is 1180. The third-order valence-corrected chi connectivity index (χ3v) is 6.18. The second-order valence-electron chi connectivity index (χ2n) is 7.31. The van der Waals surface area contributed by atoms with Gasteiger partial charge in [0, 0.05) is 30.6 Å². The fourth-order valence-electron chi connectivity index (χ4n) is 4.03. The predicted molar refractivity (Wildman–Crippen MR) is 101 cm³/mol. The molecule has 1 aliphatic rings. The zero-order valence-electron chi connectivity index (χ0n) is 15.6. The normalized spacial score (nSPS) is 18.8. The van der Waals surface area contributed by atoms with Gasteiger partial charge in [-0.3, -0.25) is 9.30 Å². The number of hydrogen-bond acceptors (Lipinski definition) is 6. The van der Waals surface area contributed by atoms with Gasteiger partial charge in [-0.1, -0.05) is 0 Å². The number of piperidine rings is 1. The van der Waals surface area contributed by atoms with Gasteiger partial charge in [-0.15, -0.1) is 11.3 Å². The van der Waals surface area contributed by atoms with Crippen LogP contribution in [-0.2, 0) is 12.7 Å². The molecule has 5 rings (SSSR count). The van der Waals surface area contributed by atoms with E-state index in [9.17, 15) is 13.2 Å². The van der Waals surface area contributed by atoms with Crippen molar-refractivity contribution in [2.24, 2.45) is 0 Å². The van der Waals surface area contributed by atoms with Crippen LogP contribution in [0.1, 0.15) is 41.5 Å². The summed E-state index contributed by atoms with van der Waals surface area (Å²) in [5.74, 6) is -0.101. The number of hydrogen-bond donors (Lipinski definition) is 0. The topological polar surface area (TPSA) is 63.6 Å². The van der Waals surface area contributed by atoms with Crippen molar-refractivity contribution >= 4 is 22.1 Å². The summed E-state index contributed by atoms with van der Waals surface area (Å²) >= 11 is 1.59. The molecule has 29 heavy (non-hydrogen) atoms. The second-order valence-corrected chi connectivity index (χ2v) is 8.18. The predicted octanol–water partition coefficient (Wildman–Crippen LogP) is 3.54. The molecule has 0 N–H and O–H groups in total. The van der Waals surface area contributed by atoms with Crippen LogP contribution in [0.15, 0.2) is 24.0 Å². The first-order valence-corrected chi connectivity index (χ1v) is 10.2. The summed E-state index contributed by atoms with van der Waals surface area (Å²) < 4.78 is 43.3. The Morgan fingerprint density at radius 1 is 1.28 bits per heavy atom. The monoisotopic (exact) mass is 421 g/mol. The van der Waals surface area contributed by atoms with E-state index in [0.29, 0.717) is 18.8 Å². The van der Waals surface area contributed by atoms with Gasteiger partial charge in [-0.2, -0.15) is 27.8 Å². The first kappa shape index (κ1) is 18.5. The molecule has 0 aromatic carbocycles. The Morgan fingerprint density at radius 2 is 2.14 bits per heavy atom. The van der Waals surface area contributed by atoms with E-state index < -0.39 is 11.9 Å². The van der Waals surface area contributed by atoms with Gasteiger partial charge in [-0.25, -0.2) is 9.97 Å². The van der Waals surface area contributed by atoms with E-state index in [1.54, 1.807) is 11.3 Å². The first-order chi connectivity index (χ1) is 13.9. The maximum atomic E-state index is 13.5. The van der Waals surface area contributed by atoms with Crippen LogP contribution in [0.2, 0.25) is 0 Å². The summed E-state index contributed by atoms with van der Waals surface area (Å²) in [5.41, 5.74) is 1.70. The van der Waals surface area contributed by atoms with Gasteiger partial charge in [0.2, 0.25) is 0 Å². The maximum absolute atomic E-state index is 13.5. The van der Waals surface area contributed by atoms with Gasteiger partial charge in [0.05, 0.1) is 17.1 Å². The summed E-state index contributed by atoms with van der Waals surface area (Å²) in [6.07, 6.45) is 0.286. The number of aromatic nitrogens is 6. The molecule has 152 valence electrons. The van der Waals surface area contributed by atoms with Crippen LogP contribution < -0.4 is 0 Å². The molecule has 0 radical (unpaired) electrons. The number of imidazole rings is 1. The number of aryl methyl sites for hydroxylation is 1. The van der Waals surface area contributed by atoms with Crippen LogP contribution in [0.4, 0.5) is 13.2 Å². The summed E-state index contributed by atoms with van der Waals surface area (Å²) in [5, 5.41) is 5.67. The summed E-state index contributed by atoms with van der Waals surface area (Å²) in [7, 11) is 0. The number of rotatable bonds is 3. The van der Waals surface area contributed by atoms with Crippen LogP contribution in [0.25, 0.3) is 10.7 Å². The van der Waals surface area contributed by atoms with Gasteiger partial charge in [0.15, 0.2) is 10.7 Å². The van der Waals surface area contributed by atoms with Crippen molar-refractivity contribution in [1.82, 2.24) is 33.9 Å². The molecular formula is C18H18F3N7S. The van der Waals surface area contributed by atoms with E-state index in [0.717, 1.165) is 52.6 Å². The first-order valence-electron chi connectivity index (χ1n) is 9.31. The molecule has 5 heterocycles. The smallest absolute Gasteiger partial charge is 0.297 e. The summed E-state index contributed by atoms with van der Waals surface area (Å²) in [6.45, 7) is 4.24. The van der Waals surface area contributed by atoms with Crippen molar-refractivity contribution < 1.29 is 13.2 Å². The molecule has 0 spiro atoms. The fraction of sp³-hybridized carbons (Fsp3) is 0.444. The number of fused-ring (bicyclic) bond motifs is 2. The standard InChI is InChI=1S/C18H18F3N7S/c1-11-14(27-5-6-29-17(27)24-11)9-26-4-2-3-12(8-26)13-7-15(18(19,20)21)28-16(25-13)22-10-23-28/h5-7,10,12H,2-4,8-9H2,1H3. The molecule has 1 fully saturated rings. The number of thiazole rings is 1. The minimum atomic E-state index is -4.52. The molecule has 1 atom stereocenters. The molecule has 4 aromatic rings. The minimum absolute atomic E-state index is 0.0152. The second kappa shape index (κ2) is 6.77. The minimum Gasteiger partial charge on any atom is -0.297 e. The lowest BCUT2D eigenvalue weighted by atomic mass is 9.94. The van der Waals surface area contributed by atoms with Gasteiger partial charge in [-0.05, 0) is 32.4 Å². The Balaban J connectivity index is 1.44. The van der Waals surface area contributed by atoms with Crippen LogP contribution in [-0.4, -0.2) is 47.0 Å². The third kappa shape index (κ3) is 3.27. The summed E-state index contributed by atoms with van der Waals surface area (Å²) in [4.78, 5) is 16.1. The van der Waals surface area contributed by atoms with E-state index in [1.165, 1.54) is 0 Å². The molecule has 7 nitrogen and oxygen atoms in total. The Kier molecular flexibility index (Phi) is 4.32. The summed E-state index contributed by atoms with van der Waals surface area (Å²) in [6, 6.07) is 1.12. The molecule has 11 heteroatoms. The van der Waals surface area contributed by atoms with Crippen LogP contribution in [0, 0.1) is 6.92 Å². The molecule has 0 saturated carbocycles. The van der Waals surface area contributed by atoms with Gasteiger partial charge < -0.3 is 0 Å². The van der Waals surface area contributed by atoms with E-state index in [1.807, 2.05) is 18.5 Å². The van der Waals surface area contributed by atoms with Gasteiger partial charge >= 0.3 is 6.18 Å². The maximum Gasteiger partial charge on any atom is 0.433 e. The van der Waals surface area contributed by atoms with Crippen molar-refractivity contribution in [3.63, 3.8) is 0 Å². The Morgan fingerprint density at radius 3 is 2.97 bits per heavy atom. The lowest BCUT2D eigenvalue weighted by molar-refractivity contribution is -0.142. The highest BCUT2D eigenvalue weighted by Gasteiger charge is 2.36. The SMILES string of the molecule is Cc1nc2sccn2c1CN1CCCC(c2cc(C(F)(F)F)n3ncnc3n2)C1. The quantitative estimate of drug-likeness (QED) is 0.506. The molecule has 1 aliphatic heterocycles. The highest BCUT2D eigenvalue weighted by molar-refractivity contribution is 7.15. The van der Waals surface area contributed by atoms with Crippen molar-refractivity contribution in [2.75, 3.05) is 13.1 Å². The number of nitrogens with zero attached hydrogens (tertiary/aromatic N) is 7. The zero-order chi connectivity index (χ0) is 20.2. The average molecular weight is 421 g/mol. The molecule has 4 aromatic heterocycles. The Labute approximate surface area is 167 Å². The highest BCUT2D eigenvalue weighted by atomic mass is 32.1. The molecule has 1 unspecified atom stereocenters. The largest absolute Gasteiger partial charge is 0.433 e. The van der Waals surface area contributed by atoms with Crippen LogP contribution >= 0.6 is 11.3 Å². The fourth-order valence-corrected chi connectivity index (χ4v) is 4.80. The van der Waals surface area contributed by atoms with E-state index in [-0.39, 0.29) is 11.7 Å². The van der Waals surface area contributed by atoms with Crippen molar-refractivity contribution in [1.29, 1.82) is 0 Å². The van der Waals surface area contributed by atoms with Gasteiger partial charge in [0.1, 0.15) is 6.33 Å². The molecule has 0 aliphatic carbocycles. The molecule has 1 saturated heterocycles. The molecule has 0 bridgehead atoms. The molecular weight excluding hydrogens is 403 g/mol. The van der Waals surface area contributed by atoms with Crippen molar-refractivity contribution in [2.45, 2.75) is 38.4 Å². The van der Waals surface area contributed by atoms with Gasteiger partial charge in [0.25, 0.3) is 5.78 Å². The van der Waals surface area contributed by atoms with Crippen LogP contribution in [0.5, 0.6) is 0 Å². The Hall–Kier alpha value is -2.53. The number of alkyl halides is 3. The highest BCUT2D eigenvalue weighted by Crippen LogP contribution is 2.33. The zero-order valence-corrected chi connectivity index (χ0v) is 16.4. The van der Waals surface area contributed by atoms with E-state index in [4.69, 9.17) is 0 Å². The van der Waals surface area contributed by atoms with Crippen molar-refractivity contribution in [3.8, 4) is 0 Å². The lowest BCUT2D eigenvalue weighted by Crippen LogP contribution is -2.35. The van der Waals surface area contributed by atoms with E-state index in [2.05, 4.69) is 29.4 Å². The number of halogens is 3. The number of likely N-dealkylation sites (tertiary alicyclic amines) is 1. The molecule has 0 amide bonds.